The minimum atomic E-state index is 0.375. The quantitative estimate of drug-likeness (QED) is 0.193. The summed E-state index contributed by atoms with van der Waals surface area (Å²) in [5.41, 5.74) is 9.31. The summed E-state index contributed by atoms with van der Waals surface area (Å²) < 4.78 is 7.02. The Bertz CT molecular complexity index is 3030. The summed E-state index contributed by atoms with van der Waals surface area (Å²) in [6.45, 7) is 0. The number of aromatic nitrogens is 2. The van der Waals surface area contributed by atoms with Gasteiger partial charge in [0.15, 0.2) is 0 Å². The number of benzene rings is 7. The first kappa shape index (κ1) is 27.5. The minimum absolute atomic E-state index is 0.375. The summed E-state index contributed by atoms with van der Waals surface area (Å²) in [6, 6.07) is 55.7. The molecule has 0 fully saturated rings. The van der Waals surface area contributed by atoms with Crippen LogP contribution in [0, 0.1) is 22.7 Å². The molecule has 0 atom stereocenters. The van der Waals surface area contributed by atoms with Crippen LogP contribution in [0.25, 0.3) is 86.3 Å². The van der Waals surface area contributed by atoms with E-state index in [1.54, 1.807) is 6.07 Å². The topological polar surface area (TPSA) is 57.4 Å². The van der Waals surface area contributed by atoms with E-state index in [2.05, 4.69) is 137 Å². The lowest BCUT2D eigenvalue weighted by molar-refractivity contribution is 1.16. The summed E-state index contributed by atoms with van der Waals surface area (Å²) in [6.07, 6.45) is 0. The molecule has 4 nitrogen and oxygen atoms in total. The van der Waals surface area contributed by atoms with Gasteiger partial charge in [-0.05, 0) is 83.9 Å². The van der Waals surface area contributed by atoms with Crippen molar-refractivity contribution in [2.75, 3.05) is 0 Å². The Morgan fingerprint density at radius 1 is 0.429 bits per heavy atom. The maximum absolute atomic E-state index is 10.1. The van der Waals surface area contributed by atoms with Crippen molar-refractivity contribution >= 4 is 75.1 Å². The molecule has 0 aliphatic carbocycles. The fourth-order valence-electron chi connectivity index (χ4n) is 7.63. The third-order valence-electron chi connectivity index (χ3n) is 9.81. The van der Waals surface area contributed by atoms with E-state index in [-0.39, 0.29) is 0 Å². The van der Waals surface area contributed by atoms with Crippen LogP contribution in [0.4, 0.5) is 0 Å². The number of fused-ring (bicyclic) bond motifs is 9. The molecule has 0 N–H and O–H groups in total. The molecule has 0 aliphatic heterocycles. The lowest BCUT2D eigenvalue weighted by Crippen LogP contribution is -1.99. The smallest absolute Gasteiger partial charge is 0.103 e. The molecule has 3 aromatic heterocycles. The van der Waals surface area contributed by atoms with E-state index in [1.807, 2.05) is 35.6 Å². The predicted molar refractivity (Wildman–Crippen MR) is 203 cm³/mol. The van der Waals surface area contributed by atoms with Crippen molar-refractivity contribution in [3.05, 3.63) is 157 Å². The van der Waals surface area contributed by atoms with Crippen molar-refractivity contribution in [3.63, 3.8) is 0 Å². The molecule has 226 valence electrons. The monoisotopic (exact) mass is 640 g/mol. The molecule has 5 heteroatoms. The van der Waals surface area contributed by atoms with Crippen LogP contribution in [0.3, 0.4) is 0 Å². The largest absolute Gasteiger partial charge is 0.309 e. The highest BCUT2D eigenvalue weighted by Gasteiger charge is 2.18. The molecule has 0 aliphatic rings. The summed E-state index contributed by atoms with van der Waals surface area (Å²) in [5, 5.41) is 27.0. The van der Waals surface area contributed by atoms with Gasteiger partial charge >= 0.3 is 0 Å². The predicted octanol–water partition coefficient (Wildman–Crippen LogP) is 11.7. The normalized spacial score (nSPS) is 11.6. The van der Waals surface area contributed by atoms with Gasteiger partial charge in [0.05, 0.1) is 38.9 Å². The van der Waals surface area contributed by atoms with Crippen molar-refractivity contribution in [3.8, 4) is 34.6 Å². The van der Waals surface area contributed by atoms with Crippen molar-refractivity contribution < 1.29 is 0 Å². The third-order valence-corrected chi connectivity index (χ3v) is 11.0. The highest BCUT2D eigenvalue weighted by atomic mass is 32.1. The molecular weight excluding hydrogens is 617 g/mol. The Hall–Kier alpha value is -6.66. The summed E-state index contributed by atoms with van der Waals surface area (Å²) >= 11 is 1.83. The first-order valence-electron chi connectivity index (χ1n) is 16.1. The fraction of sp³-hybridized carbons (Fsp3) is 0. The van der Waals surface area contributed by atoms with Crippen LogP contribution in [-0.2, 0) is 0 Å². The van der Waals surface area contributed by atoms with Gasteiger partial charge in [-0.3, -0.25) is 0 Å². The number of nitrogens with zero attached hydrogens (tertiary/aromatic N) is 4. The second-order valence-corrected chi connectivity index (χ2v) is 13.5. The van der Waals surface area contributed by atoms with E-state index in [0.717, 1.165) is 38.6 Å². The van der Waals surface area contributed by atoms with E-state index in [4.69, 9.17) is 0 Å². The van der Waals surface area contributed by atoms with Crippen LogP contribution in [0.1, 0.15) is 11.1 Å². The molecule has 0 spiro atoms. The molecule has 0 radical (unpaired) electrons. The number of hydrogen-bond acceptors (Lipinski definition) is 3. The lowest BCUT2D eigenvalue weighted by atomic mass is 10.0. The van der Waals surface area contributed by atoms with E-state index in [0.29, 0.717) is 16.8 Å². The lowest BCUT2D eigenvalue weighted by Gasteiger charge is -2.11. The van der Waals surface area contributed by atoms with Gasteiger partial charge in [-0.2, -0.15) is 10.5 Å². The minimum Gasteiger partial charge on any atom is -0.309 e. The van der Waals surface area contributed by atoms with Gasteiger partial charge in [0.1, 0.15) is 12.1 Å². The van der Waals surface area contributed by atoms with E-state index >= 15 is 0 Å². The Morgan fingerprint density at radius 2 is 0.980 bits per heavy atom. The summed E-state index contributed by atoms with van der Waals surface area (Å²) in [4.78, 5) is 0. The zero-order valence-corrected chi connectivity index (χ0v) is 26.9. The average Bonchev–Trinajstić information content (AvgIpc) is 3.81. The fourth-order valence-corrected chi connectivity index (χ4v) is 8.70. The van der Waals surface area contributed by atoms with Crippen LogP contribution in [0.15, 0.2) is 146 Å². The standard InChI is InChI=1S/C44H24N4S/c45-25-29-8-7-15-41(37(29)26-46)48-40-14-6-3-11-33(40)34-22-27(16-19-42(34)48)28-17-20-43-35(23-28)36-24-30(18-21-44(36)49-43)47-38-12-4-1-9-31(38)32-10-2-5-13-39(32)47/h1-24H. The molecule has 0 amide bonds. The van der Waals surface area contributed by atoms with Crippen LogP contribution < -0.4 is 0 Å². The molecule has 3 heterocycles. The molecule has 49 heavy (non-hydrogen) atoms. The zero-order chi connectivity index (χ0) is 32.6. The van der Waals surface area contributed by atoms with Crippen molar-refractivity contribution in [1.29, 1.82) is 10.5 Å². The summed E-state index contributed by atoms with van der Waals surface area (Å²) in [5.74, 6) is 0. The molecular formula is C44H24N4S. The van der Waals surface area contributed by atoms with Gasteiger partial charge in [-0.15, -0.1) is 11.3 Å². The van der Waals surface area contributed by atoms with Gasteiger partial charge in [0, 0.05) is 47.4 Å². The SMILES string of the molecule is N#Cc1cccc(-n2c3ccccc3c3cc(-c4ccc5sc6ccc(-n7c8ccccc8c8ccccc87)cc6c5c4)ccc32)c1C#N. The third kappa shape index (κ3) is 3.95. The van der Waals surface area contributed by atoms with Crippen LogP contribution >= 0.6 is 11.3 Å². The second-order valence-electron chi connectivity index (χ2n) is 12.4. The average molecular weight is 641 g/mol. The maximum Gasteiger partial charge on any atom is 0.103 e. The molecule has 0 unspecified atom stereocenters. The Morgan fingerprint density at radius 3 is 1.65 bits per heavy atom. The van der Waals surface area contributed by atoms with Crippen LogP contribution in [-0.4, -0.2) is 9.13 Å². The van der Waals surface area contributed by atoms with Gasteiger partial charge in [-0.1, -0.05) is 72.8 Å². The van der Waals surface area contributed by atoms with E-state index in [9.17, 15) is 10.5 Å². The summed E-state index contributed by atoms with van der Waals surface area (Å²) in [7, 11) is 0. The molecule has 10 rings (SSSR count). The maximum atomic E-state index is 10.1. The first-order chi connectivity index (χ1) is 24.2. The molecule has 0 bridgehead atoms. The number of hydrogen-bond donors (Lipinski definition) is 0. The van der Waals surface area contributed by atoms with Crippen molar-refractivity contribution in [2.24, 2.45) is 0 Å². The van der Waals surface area contributed by atoms with Crippen molar-refractivity contribution in [1.82, 2.24) is 9.13 Å². The van der Waals surface area contributed by atoms with E-state index in [1.165, 1.54) is 42.0 Å². The second kappa shape index (κ2) is 10.4. The van der Waals surface area contributed by atoms with Gasteiger partial charge < -0.3 is 9.13 Å². The van der Waals surface area contributed by atoms with Crippen LogP contribution in [0.2, 0.25) is 0 Å². The Labute approximate surface area is 285 Å². The zero-order valence-electron chi connectivity index (χ0n) is 26.1. The number of para-hydroxylation sites is 3. The van der Waals surface area contributed by atoms with E-state index < -0.39 is 0 Å². The number of thiophene rings is 1. The molecule has 10 aromatic rings. The first-order valence-corrected chi connectivity index (χ1v) is 17.0. The van der Waals surface area contributed by atoms with Crippen LogP contribution in [0.5, 0.6) is 0 Å². The molecule has 0 saturated carbocycles. The molecule has 0 saturated heterocycles. The van der Waals surface area contributed by atoms with Gasteiger partial charge in [0.2, 0.25) is 0 Å². The van der Waals surface area contributed by atoms with Gasteiger partial charge in [-0.25, -0.2) is 0 Å². The Kier molecular flexibility index (Phi) is 5.84. The number of nitriles is 2. The Balaban J connectivity index is 1.16. The highest BCUT2D eigenvalue weighted by molar-refractivity contribution is 7.25. The highest BCUT2D eigenvalue weighted by Crippen LogP contribution is 2.41. The van der Waals surface area contributed by atoms with Crippen molar-refractivity contribution in [2.45, 2.75) is 0 Å². The molecule has 7 aromatic carbocycles. The van der Waals surface area contributed by atoms with Gasteiger partial charge in [0.25, 0.3) is 0 Å². The number of rotatable bonds is 3.